The van der Waals surface area contributed by atoms with Gasteiger partial charge < -0.3 is 19.6 Å². The fourth-order valence-electron chi connectivity index (χ4n) is 4.92. The van der Waals surface area contributed by atoms with E-state index in [1.807, 2.05) is 44.2 Å². The molecule has 190 valence electrons. The number of carbonyl (C=O) groups is 2. The Labute approximate surface area is 220 Å². The molecule has 1 aromatic heterocycles. The van der Waals surface area contributed by atoms with Crippen LogP contribution in [0.25, 0.3) is 22.0 Å². The van der Waals surface area contributed by atoms with Crippen LogP contribution in [0.3, 0.4) is 0 Å². The minimum absolute atomic E-state index is 0.0321. The number of benzene rings is 3. The fourth-order valence-corrected chi connectivity index (χ4v) is 5.25. The molecular formula is C30H28ClNO5. The second-order valence-corrected chi connectivity index (χ2v) is 9.98. The van der Waals surface area contributed by atoms with E-state index in [2.05, 4.69) is 4.98 Å². The van der Waals surface area contributed by atoms with Crippen molar-refractivity contribution < 1.29 is 24.2 Å². The third kappa shape index (κ3) is 5.07. The minimum Gasteiger partial charge on any atom is -0.491 e. The van der Waals surface area contributed by atoms with Gasteiger partial charge in [0.05, 0.1) is 17.2 Å². The number of aromatic amines is 1. The van der Waals surface area contributed by atoms with E-state index in [9.17, 15) is 14.7 Å². The van der Waals surface area contributed by atoms with Crippen LogP contribution >= 0.6 is 11.6 Å². The maximum atomic E-state index is 13.8. The predicted octanol–water partition coefficient (Wildman–Crippen LogP) is 7.53. The molecule has 0 spiro atoms. The summed E-state index contributed by atoms with van der Waals surface area (Å²) in [7, 11) is 0. The molecule has 1 aliphatic rings. The Morgan fingerprint density at radius 3 is 2.41 bits per heavy atom. The largest absolute Gasteiger partial charge is 0.491 e. The van der Waals surface area contributed by atoms with E-state index in [1.165, 1.54) is 12.8 Å². The fraction of sp³-hybridized carbons (Fsp3) is 0.267. The Morgan fingerprint density at radius 1 is 1.00 bits per heavy atom. The maximum absolute atomic E-state index is 13.8. The number of hydrogen-bond acceptors (Lipinski definition) is 4. The van der Waals surface area contributed by atoms with Gasteiger partial charge >= 0.3 is 5.97 Å². The molecule has 37 heavy (non-hydrogen) atoms. The van der Waals surface area contributed by atoms with E-state index in [1.54, 1.807) is 30.3 Å². The number of aromatic carboxylic acids is 1. The Hall–Kier alpha value is -3.77. The van der Waals surface area contributed by atoms with Gasteiger partial charge in [-0.3, -0.25) is 4.79 Å². The Bertz CT molecular complexity index is 1470. The van der Waals surface area contributed by atoms with E-state index in [0.717, 1.165) is 24.2 Å². The number of rotatable bonds is 8. The van der Waals surface area contributed by atoms with Gasteiger partial charge in [0.1, 0.15) is 17.2 Å². The molecule has 7 heteroatoms. The summed E-state index contributed by atoms with van der Waals surface area (Å²) < 4.78 is 11.9. The highest BCUT2D eigenvalue weighted by molar-refractivity contribution is 6.40. The quantitative estimate of drug-likeness (QED) is 0.236. The van der Waals surface area contributed by atoms with Gasteiger partial charge in [0.25, 0.3) is 0 Å². The molecule has 1 heterocycles. The van der Waals surface area contributed by atoms with Gasteiger partial charge in [-0.15, -0.1) is 0 Å². The highest BCUT2D eigenvalue weighted by atomic mass is 35.5. The lowest BCUT2D eigenvalue weighted by Crippen LogP contribution is -2.10. The van der Waals surface area contributed by atoms with Gasteiger partial charge in [0, 0.05) is 27.6 Å². The number of carboxylic acids is 1. The molecular weight excluding hydrogens is 490 g/mol. The van der Waals surface area contributed by atoms with E-state index in [0.29, 0.717) is 33.3 Å². The van der Waals surface area contributed by atoms with Crippen LogP contribution in [0.1, 0.15) is 65.9 Å². The molecule has 1 saturated carbocycles. The van der Waals surface area contributed by atoms with Crippen molar-refractivity contribution in [3.05, 3.63) is 82.5 Å². The molecule has 0 unspecified atom stereocenters. The van der Waals surface area contributed by atoms with Crippen molar-refractivity contribution in [3.63, 3.8) is 0 Å². The van der Waals surface area contributed by atoms with Crippen LogP contribution in [-0.4, -0.2) is 34.1 Å². The van der Waals surface area contributed by atoms with E-state index in [4.69, 9.17) is 21.1 Å². The Balaban J connectivity index is 1.63. The molecule has 0 atom stereocenters. The highest BCUT2D eigenvalue weighted by Gasteiger charge is 2.24. The van der Waals surface area contributed by atoms with Crippen LogP contribution in [0.15, 0.2) is 60.7 Å². The molecule has 0 saturated heterocycles. The molecule has 3 aromatic carbocycles. The molecule has 4 aromatic rings. The first-order valence-electron chi connectivity index (χ1n) is 12.5. The first-order chi connectivity index (χ1) is 17.8. The number of ketones is 1. The standard InChI is InChI=1S/C30H28ClNO5/c1-17(2)36-22-9-5-6-19(16-22)29(33)23-14-15-24-26(27(31)28(32-24)30(34)35)25(23)18-10-12-21(13-11-18)37-20-7-3-4-8-20/h5-6,9-17,20,32H,3-4,7-8H2,1-2H3,(H,34,35). The number of aromatic nitrogens is 1. The number of H-pyrrole nitrogens is 1. The van der Waals surface area contributed by atoms with E-state index in [-0.39, 0.29) is 28.7 Å². The van der Waals surface area contributed by atoms with Crippen molar-refractivity contribution >= 4 is 34.3 Å². The number of carboxylic acid groups (broad SMARTS) is 1. The molecule has 5 rings (SSSR count). The molecule has 0 bridgehead atoms. The van der Waals surface area contributed by atoms with Crippen molar-refractivity contribution in [2.45, 2.75) is 51.7 Å². The van der Waals surface area contributed by atoms with Crippen LogP contribution in [0.5, 0.6) is 11.5 Å². The zero-order chi connectivity index (χ0) is 26.1. The monoisotopic (exact) mass is 517 g/mol. The lowest BCUT2D eigenvalue weighted by molar-refractivity contribution is 0.0691. The third-order valence-electron chi connectivity index (χ3n) is 6.58. The third-order valence-corrected chi connectivity index (χ3v) is 6.96. The first-order valence-corrected chi connectivity index (χ1v) is 12.9. The Kier molecular flexibility index (Phi) is 6.94. The lowest BCUT2D eigenvalue weighted by atomic mass is 9.91. The van der Waals surface area contributed by atoms with Gasteiger partial charge in [-0.05, 0) is 81.5 Å². The summed E-state index contributed by atoms with van der Waals surface area (Å²) >= 11 is 6.59. The van der Waals surface area contributed by atoms with Crippen LogP contribution in [0, 0.1) is 0 Å². The van der Waals surface area contributed by atoms with Gasteiger partial charge in [-0.25, -0.2) is 4.79 Å². The summed E-state index contributed by atoms with van der Waals surface area (Å²) in [5.74, 6) is -0.0178. The molecule has 2 N–H and O–H groups in total. The van der Waals surface area contributed by atoms with Crippen molar-refractivity contribution in [1.82, 2.24) is 4.98 Å². The Morgan fingerprint density at radius 2 is 1.73 bits per heavy atom. The number of hydrogen-bond donors (Lipinski definition) is 2. The van der Waals surface area contributed by atoms with Crippen LogP contribution < -0.4 is 9.47 Å². The topological polar surface area (TPSA) is 88.6 Å². The normalized spacial score (nSPS) is 13.8. The second kappa shape index (κ2) is 10.3. The lowest BCUT2D eigenvalue weighted by Gasteiger charge is -2.15. The number of ether oxygens (including phenoxy) is 2. The van der Waals surface area contributed by atoms with E-state index >= 15 is 0 Å². The zero-order valence-electron chi connectivity index (χ0n) is 20.7. The van der Waals surface area contributed by atoms with Crippen LogP contribution in [-0.2, 0) is 0 Å². The smallest absolute Gasteiger partial charge is 0.353 e. The zero-order valence-corrected chi connectivity index (χ0v) is 21.5. The highest BCUT2D eigenvalue weighted by Crippen LogP contribution is 2.40. The van der Waals surface area contributed by atoms with Gasteiger partial charge in [0.2, 0.25) is 0 Å². The van der Waals surface area contributed by atoms with Crippen molar-refractivity contribution in [3.8, 4) is 22.6 Å². The average molecular weight is 518 g/mol. The average Bonchev–Trinajstić information content (AvgIpc) is 3.51. The number of carbonyl (C=O) groups excluding carboxylic acids is 1. The molecule has 1 aliphatic carbocycles. The SMILES string of the molecule is CC(C)Oc1cccc(C(=O)c2ccc3[nH]c(C(=O)O)c(Cl)c3c2-c2ccc(OC3CCCC3)cc2)c1. The number of halogens is 1. The predicted molar refractivity (Wildman–Crippen MR) is 144 cm³/mol. The molecule has 0 radical (unpaired) electrons. The van der Waals surface area contributed by atoms with Crippen molar-refractivity contribution in [1.29, 1.82) is 0 Å². The van der Waals surface area contributed by atoms with E-state index < -0.39 is 5.97 Å². The number of fused-ring (bicyclic) bond motifs is 1. The number of nitrogens with one attached hydrogen (secondary N) is 1. The first kappa shape index (κ1) is 24.9. The van der Waals surface area contributed by atoms with Gasteiger partial charge in [0.15, 0.2) is 5.78 Å². The second-order valence-electron chi connectivity index (χ2n) is 9.60. The maximum Gasteiger partial charge on any atom is 0.353 e. The summed E-state index contributed by atoms with van der Waals surface area (Å²) in [4.78, 5) is 28.5. The summed E-state index contributed by atoms with van der Waals surface area (Å²) in [6, 6.07) is 18.0. The van der Waals surface area contributed by atoms with Crippen LogP contribution in [0.2, 0.25) is 5.02 Å². The van der Waals surface area contributed by atoms with Crippen LogP contribution in [0.4, 0.5) is 0 Å². The molecule has 1 fully saturated rings. The van der Waals surface area contributed by atoms with Crippen molar-refractivity contribution in [2.75, 3.05) is 0 Å². The summed E-state index contributed by atoms with van der Waals surface area (Å²) in [5.41, 5.74) is 2.61. The summed E-state index contributed by atoms with van der Waals surface area (Å²) in [6.07, 6.45) is 4.65. The van der Waals surface area contributed by atoms with Crippen molar-refractivity contribution in [2.24, 2.45) is 0 Å². The van der Waals surface area contributed by atoms with Gasteiger partial charge in [-0.2, -0.15) is 0 Å². The molecule has 6 nitrogen and oxygen atoms in total. The van der Waals surface area contributed by atoms with Gasteiger partial charge in [-0.1, -0.05) is 35.9 Å². The minimum atomic E-state index is -1.17. The molecule has 0 aliphatic heterocycles. The summed E-state index contributed by atoms with van der Waals surface area (Å²) in [5, 5.41) is 10.2. The molecule has 0 amide bonds. The summed E-state index contributed by atoms with van der Waals surface area (Å²) in [6.45, 7) is 3.85.